The van der Waals surface area contributed by atoms with Crippen LogP contribution < -0.4 is 10.5 Å². The van der Waals surface area contributed by atoms with Gasteiger partial charge in [0.05, 0.1) is 12.8 Å². The van der Waals surface area contributed by atoms with Gasteiger partial charge in [0, 0.05) is 16.6 Å². The molecule has 1 heterocycles. The van der Waals surface area contributed by atoms with Crippen LogP contribution in [-0.4, -0.2) is 12.1 Å². The first-order valence-corrected chi connectivity index (χ1v) is 6.49. The van der Waals surface area contributed by atoms with Crippen LogP contribution in [0.4, 0.5) is 5.69 Å². The summed E-state index contributed by atoms with van der Waals surface area (Å²) in [4.78, 5) is 4.72. The van der Waals surface area contributed by atoms with E-state index in [1.54, 1.807) is 7.11 Å². The third-order valence-corrected chi connectivity index (χ3v) is 3.47. The van der Waals surface area contributed by atoms with Gasteiger partial charge in [0.2, 0.25) is 0 Å². The molecule has 0 atom stereocenters. The average molecular weight is 264 g/mol. The number of aryl methyl sites for hydroxylation is 1. The van der Waals surface area contributed by atoms with E-state index in [0.29, 0.717) is 0 Å². The van der Waals surface area contributed by atoms with E-state index >= 15 is 0 Å². The van der Waals surface area contributed by atoms with Gasteiger partial charge in [-0.1, -0.05) is 24.3 Å². The van der Waals surface area contributed by atoms with Gasteiger partial charge in [-0.15, -0.1) is 0 Å². The van der Waals surface area contributed by atoms with Crippen molar-refractivity contribution in [1.82, 2.24) is 4.98 Å². The quantitative estimate of drug-likeness (QED) is 0.716. The SMILES string of the molecule is COc1cccc2ccc(-c3ccc(N)c(C)c3)nc12. The van der Waals surface area contributed by atoms with E-state index < -0.39 is 0 Å². The Bertz CT molecular complexity index is 781. The molecule has 100 valence electrons. The number of anilines is 1. The minimum Gasteiger partial charge on any atom is -0.494 e. The molecule has 0 aliphatic carbocycles. The lowest BCUT2D eigenvalue weighted by molar-refractivity contribution is 0.419. The fraction of sp³-hybridized carbons (Fsp3) is 0.118. The number of fused-ring (bicyclic) bond motifs is 1. The first-order chi connectivity index (χ1) is 9.69. The van der Waals surface area contributed by atoms with Crippen molar-refractivity contribution < 1.29 is 4.74 Å². The molecule has 0 amide bonds. The molecule has 3 aromatic rings. The fourth-order valence-electron chi connectivity index (χ4n) is 2.28. The number of para-hydroxylation sites is 1. The normalized spacial score (nSPS) is 10.7. The first-order valence-electron chi connectivity index (χ1n) is 6.49. The molecular formula is C17H16N2O. The Morgan fingerprint density at radius 2 is 1.90 bits per heavy atom. The minimum absolute atomic E-state index is 0.788. The number of hydrogen-bond donors (Lipinski definition) is 1. The summed E-state index contributed by atoms with van der Waals surface area (Å²) in [5, 5.41) is 1.07. The molecule has 0 aliphatic heterocycles. The Hall–Kier alpha value is -2.55. The third-order valence-electron chi connectivity index (χ3n) is 3.47. The fourth-order valence-corrected chi connectivity index (χ4v) is 2.28. The topological polar surface area (TPSA) is 48.1 Å². The van der Waals surface area contributed by atoms with Gasteiger partial charge in [0.15, 0.2) is 0 Å². The van der Waals surface area contributed by atoms with Crippen LogP contribution in [0.25, 0.3) is 22.2 Å². The highest BCUT2D eigenvalue weighted by atomic mass is 16.5. The summed E-state index contributed by atoms with van der Waals surface area (Å²) in [6.07, 6.45) is 0. The number of ether oxygens (including phenoxy) is 1. The van der Waals surface area contributed by atoms with Crippen LogP contribution in [0.15, 0.2) is 48.5 Å². The van der Waals surface area contributed by atoms with Crippen LogP contribution in [0.2, 0.25) is 0 Å². The van der Waals surface area contributed by atoms with E-state index in [2.05, 4.69) is 12.1 Å². The summed E-state index contributed by atoms with van der Waals surface area (Å²) in [5.74, 6) is 0.788. The summed E-state index contributed by atoms with van der Waals surface area (Å²) in [6, 6.07) is 16.0. The summed E-state index contributed by atoms with van der Waals surface area (Å²) in [5.41, 5.74) is 10.6. The van der Waals surface area contributed by atoms with E-state index in [1.165, 1.54) is 0 Å². The van der Waals surface area contributed by atoms with Crippen molar-refractivity contribution in [3.8, 4) is 17.0 Å². The number of pyridine rings is 1. The Morgan fingerprint density at radius 3 is 2.65 bits per heavy atom. The minimum atomic E-state index is 0.788. The van der Waals surface area contributed by atoms with Crippen molar-refractivity contribution >= 4 is 16.6 Å². The second-order valence-corrected chi connectivity index (χ2v) is 4.80. The van der Waals surface area contributed by atoms with Crippen LogP contribution in [0.1, 0.15) is 5.56 Å². The van der Waals surface area contributed by atoms with Gasteiger partial charge in [-0.2, -0.15) is 0 Å². The molecule has 2 N–H and O–H groups in total. The molecule has 2 aromatic carbocycles. The molecule has 0 fully saturated rings. The van der Waals surface area contributed by atoms with Gasteiger partial charge >= 0.3 is 0 Å². The smallest absolute Gasteiger partial charge is 0.145 e. The van der Waals surface area contributed by atoms with Crippen molar-refractivity contribution in [2.24, 2.45) is 0 Å². The van der Waals surface area contributed by atoms with E-state index in [9.17, 15) is 0 Å². The Balaban J connectivity index is 2.19. The van der Waals surface area contributed by atoms with Gasteiger partial charge in [-0.25, -0.2) is 4.98 Å². The van der Waals surface area contributed by atoms with Crippen molar-refractivity contribution in [2.45, 2.75) is 6.92 Å². The Morgan fingerprint density at radius 1 is 1.05 bits per heavy atom. The first kappa shape index (κ1) is 12.5. The zero-order valence-corrected chi connectivity index (χ0v) is 11.6. The Kier molecular flexibility index (Phi) is 3.03. The number of rotatable bonds is 2. The molecule has 3 heteroatoms. The maximum atomic E-state index is 5.86. The number of nitrogens with two attached hydrogens (primary N) is 1. The number of benzene rings is 2. The Labute approximate surface area is 118 Å². The molecule has 0 bridgehead atoms. The highest BCUT2D eigenvalue weighted by molar-refractivity contribution is 5.86. The zero-order valence-electron chi connectivity index (χ0n) is 11.6. The molecular weight excluding hydrogens is 248 g/mol. The van der Waals surface area contributed by atoms with Crippen LogP contribution in [-0.2, 0) is 0 Å². The van der Waals surface area contributed by atoms with Crippen molar-refractivity contribution in [3.05, 3.63) is 54.1 Å². The van der Waals surface area contributed by atoms with Gasteiger partial charge in [0.25, 0.3) is 0 Å². The van der Waals surface area contributed by atoms with E-state index in [1.807, 2.05) is 43.3 Å². The molecule has 1 aromatic heterocycles. The monoisotopic (exact) mass is 264 g/mol. The zero-order chi connectivity index (χ0) is 14.1. The highest BCUT2D eigenvalue weighted by Gasteiger charge is 2.06. The van der Waals surface area contributed by atoms with Gasteiger partial charge in [-0.05, 0) is 36.8 Å². The molecule has 3 nitrogen and oxygen atoms in total. The maximum absolute atomic E-state index is 5.86. The highest BCUT2D eigenvalue weighted by Crippen LogP contribution is 2.28. The van der Waals surface area contributed by atoms with Crippen LogP contribution >= 0.6 is 0 Å². The standard InChI is InChI=1S/C17H16N2O/c1-11-10-13(6-8-14(11)18)15-9-7-12-4-3-5-16(20-2)17(12)19-15/h3-10H,18H2,1-2H3. The van der Waals surface area contributed by atoms with Crippen molar-refractivity contribution in [1.29, 1.82) is 0 Å². The predicted molar refractivity (Wildman–Crippen MR) is 82.9 cm³/mol. The molecule has 0 radical (unpaired) electrons. The number of nitrogen functional groups attached to an aromatic ring is 1. The molecule has 0 aliphatic rings. The summed E-state index contributed by atoms with van der Waals surface area (Å²) < 4.78 is 5.38. The summed E-state index contributed by atoms with van der Waals surface area (Å²) in [6.45, 7) is 2.00. The van der Waals surface area contributed by atoms with Crippen LogP contribution in [0.3, 0.4) is 0 Å². The van der Waals surface area contributed by atoms with Crippen LogP contribution in [0.5, 0.6) is 5.75 Å². The lowest BCUT2D eigenvalue weighted by atomic mass is 10.1. The van der Waals surface area contributed by atoms with Gasteiger partial charge in [-0.3, -0.25) is 0 Å². The second kappa shape index (κ2) is 4.85. The molecule has 3 rings (SSSR count). The second-order valence-electron chi connectivity index (χ2n) is 4.80. The third kappa shape index (κ3) is 2.07. The van der Waals surface area contributed by atoms with E-state index in [4.69, 9.17) is 15.5 Å². The molecule has 20 heavy (non-hydrogen) atoms. The number of aromatic nitrogens is 1. The number of nitrogens with zero attached hydrogens (tertiary/aromatic N) is 1. The number of hydrogen-bond acceptors (Lipinski definition) is 3. The van der Waals surface area contributed by atoms with Gasteiger partial charge < -0.3 is 10.5 Å². The lowest BCUT2D eigenvalue weighted by Crippen LogP contribution is -1.92. The van der Waals surface area contributed by atoms with Crippen molar-refractivity contribution in [3.63, 3.8) is 0 Å². The van der Waals surface area contributed by atoms with Crippen LogP contribution in [0, 0.1) is 6.92 Å². The van der Waals surface area contributed by atoms with Gasteiger partial charge in [0.1, 0.15) is 11.3 Å². The molecule has 0 spiro atoms. The lowest BCUT2D eigenvalue weighted by Gasteiger charge is -2.08. The molecule has 0 saturated heterocycles. The van der Waals surface area contributed by atoms with E-state index in [-0.39, 0.29) is 0 Å². The summed E-state index contributed by atoms with van der Waals surface area (Å²) in [7, 11) is 1.66. The largest absolute Gasteiger partial charge is 0.494 e. The summed E-state index contributed by atoms with van der Waals surface area (Å²) >= 11 is 0. The average Bonchev–Trinajstić information content (AvgIpc) is 2.49. The van der Waals surface area contributed by atoms with E-state index in [0.717, 1.165) is 39.2 Å². The molecule has 0 saturated carbocycles. The maximum Gasteiger partial charge on any atom is 0.145 e. The van der Waals surface area contributed by atoms with Crippen molar-refractivity contribution in [2.75, 3.05) is 12.8 Å². The molecule has 0 unspecified atom stereocenters. The predicted octanol–water partition coefficient (Wildman–Crippen LogP) is 3.80. The number of methoxy groups -OCH3 is 1.